The van der Waals surface area contributed by atoms with Crippen LogP contribution in [0.25, 0.3) is 0 Å². The van der Waals surface area contributed by atoms with Crippen LogP contribution in [0.15, 0.2) is 0 Å². The highest BCUT2D eigenvalue weighted by molar-refractivity contribution is 7.99. The van der Waals surface area contributed by atoms with Gasteiger partial charge in [-0.05, 0) is 30.9 Å². The second-order valence-electron chi connectivity index (χ2n) is 4.82. The van der Waals surface area contributed by atoms with E-state index in [1.54, 1.807) is 0 Å². The van der Waals surface area contributed by atoms with E-state index in [-0.39, 0.29) is 0 Å². The van der Waals surface area contributed by atoms with Gasteiger partial charge in [0.25, 0.3) is 0 Å². The minimum absolute atomic E-state index is 0.693. The van der Waals surface area contributed by atoms with Gasteiger partial charge in [0.05, 0.1) is 0 Å². The molecule has 0 saturated heterocycles. The third kappa shape index (κ3) is 4.92. The lowest BCUT2D eigenvalue weighted by Gasteiger charge is -2.13. The number of rotatable bonds is 6. The molecule has 78 valence electrons. The number of thioether (sulfide) groups is 1. The van der Waals surface area contributed by atoms with Gasteiger partial charge in [-0.15, -0.1) is 0 Å². The van der Waals surface area contributed by atoms with E-state index >= 15 is 0 Å². The molecule has 1 rings (SSSR count). The molecule has 1 aliphatic carbocycles. The minimum atomic E-state index is 0.693. The van der Waals surface area contributed by atoms with Gasteiger partial charge >= 0.3 is 0 Å². The van der Waals surface area contributed by atoms with E-state index in [1.165, 1.54) is 17.9 Å². The van der Waals surface area contributed by atoms with Gasteiger partial charge in [0, 0.05) is 17.8 Å². The molecule has 0 aromatic carbocycles. The van der Waals surface area contributed by atoms with Crippen LogP contribution in [-0.4, -0.2) is 23.6 Å². The topological polar surface area (TPSA) is 12.0 Å². The maximum absolute atomic E-state index is 3.66. The van der Waals surface area contributed by atoms with Crippen molar-refractivity contribution in [2.24, 2.45) is 11.8 Å². The molecule has 0 spiro atoms. The number of nitrogens with one attached hydrogen (secondary N) is 1. The predicted octanol–water partition coefficient (Wildman–Crippen LogP) is 2.76. The summed E-state index contributed by atoms with van der Waals surface area (Å²) < 4.78 is 0. The monoisotopic (exact) mass is 201 g/mol. The first kappa shape index (κ1) is 11.4. The molecule has 0 bridgehead atoms. The van der Waals surface area contributed by atoms with Gasteiger partial charge in [-0.3, -0.25) is 0 Å². The molecular weight excluding hydrogens is 178 g/mol. The summed E-state index contributed by atoms with van der Waals surface area (Å²) in [4.78, 5) is 0. The lowest BCUT2D eigenvalue weighted by Crippen LogP contribution is -2.31. The lowest BCUT2D eigenvalue weighted by atomic mass is 10.3. The zero-order valence-electron chi connectivity index (χ0n) is 9.34. The Morgan fingerprint density at radius 2 is 1.92 bits per heavy atom. The van der Waals surface area contributed by atoms with Crippen LogP contribution in [0.4, 0.5) is 0 Å². The van der Waals surface area contributed by atoms with Crippen molar-refractivity contribution in [2.45, 2.75) is 46.2 Å². The molecule has 0 heterocycles. The van der Waals surface area contributed by atoms with Crippen LogP contribution in [0, 0.1) is 11.8 Å². The molecule has 1 nitrogen and oxygen atoms in total. The SMILES string of the molecule is CC(C)CSCC(C)NC1CC1C. The van der Waals surface area contributed by atoms with E-state index in [0.717, 1.165) is 17.9 Å². The molecule has 1 fully saturated rings. The second kappa shape index (κ2) is 5.26. The van der Waals surface area contributed by atoms with Crippen molar-refractivity contribution < 1.29 is 0 Å². The van der Waals surface area contributed by atoms with E-state index in [4.69, 9.17) is 0 Å². The third-order valence-corrected chi connectivity index (χ3v) is 4.07. The fraction of sp³-hybridized carbons (Fsp3) is 1.00. The fourth-order valence-electron chi connectivity index (χ4n) is 1.45. The maximum Gasteiger partial charge on any atom is 0.0132 e. The Morgan fingerprint density at radius 3 is 2.38 bits per heavy atom. The highest BCUT2D eigenvalue weighted by atomic mass is 32.2. The third-order valence-electron chi connectivity index (χ3n) is 2.43. The van der Waals surface area contributed by atoms with Crippen molar-refractivity contribution in [3.8, 4) is 0 Å². The van der Waals surface area contributed by atoms with Gasteiger partial charge in [0.15, 0.2) is 0 Å². The van der Waals surface area contributed by atoms with Gasteiger partial charge in [-0.25, -0.2) is 0 Å². The first-order valence-corrected chi connectivity index (χ1v) is 6.59. The molecule has 0 amide bonds. The van der Waals surface area contributed by atoms with E-state index < -0.39 is 0 Å². The second-order valence-corrected chi connectivity index (χ2v) is 5.89. The number of hydrogen-bond donors (Lipinski definition) is 1. The highest BCUT2D eigenvalue weighted by Gasteiger charge is 2.32. The van der Waals surface area contributed by atoms with E-state index in [2.05, 4.69) is 44.8 Å². The molecule has 0 radical (unpaired) electrons. The van der Waals surface area contributed by atoms with Gasteiger partial charge < -0.3 is 5.32 Å². The zero-order chi connectivity index (χ0) is 9.84. The fourth-order valence-corrected chi connectivity index (χ4v) is 2.51. The quantitative estimate of drug-likeness (QED) is 0.709. The summed E-state index contributed by atoms with van der Waals surface area (Å²) in [6.45, 7) is 9.20. The molecule has 3 unspecified atom stereocenters. The lowest BCUT2D eigenvalue weighted by molar-refractivity contribution is 0.570. The summed E-state index contributed by atoms with van der Waals surface area (Å²) >= 11 is 2.08. The smallest absolute Gasteiger partial charge is 0.0132 e. The van der Waals surface area contributed by atoms with Crippen LogP contribution in [0.5, 0.6) is 0 Å². The summed E-state index contributed by atoms with van der Waals surface area (Å²) in [5.74, 6) is 4.32. The van der Waals surface area contributed by atoms with Crippen molar-refractivity contribution in [2.75, 3.05) is 11.5 Å². The summed E-state index contributed by atoms with van der Waals surface area (Å²) in [5, 5.41) is 3.66. The Hall–Kier alpha value is 0.310. The van der Waals surface area contributed by atoms with Gasteiger partial charge in [0.1, 0.15) is 0 Å². The Kier molecular flexibility index (Phi) is 4.60. The van der Waals surface area contributed by atoms with Crippen molar-refractivity contribution in [1.82, 2.24) is 5.32 Å². The predicted molar refractivity (Wildman–Crippen MR) is 62.3 cm³/mol. The minimum Gasteiger partial charge on any atom is -0.310 e. The van der Waals surface area contributed by atoms with E-state index in [0.29, 0.717) is 6.04 Å². The molecule has 3 atom stereocenters. The van der Waals surface area contributed by atoms with Gasteiger partial charge in [-0.1, -0.05) is 20.8 Å². The zero-order valence-corrected chi connectivity index (χ0v) is 10.2. The summed E-state index contributed by atoms with van der Waals surface area (Å²) in [7, 11) is 0. The maximum atomic E-state index is 3.66. The van der Waals surface area contributed by atoms with Gasteiger partial charge in [0.2, 0.25) is 0 Å². The highest BCUT2D eigenvalue weighted by Crippen LogP contribution is 2.29. The molecule has 0 aromatic rings. The van der Waals surface area contributed by atoms with E-state index in [1.807, 2.05) is 0 Å². The summed E-state index contributed by atoms with van der Waals surface area (Å²) in [5.41, 5.74) is 0. The first-order chi connectivity index (χ1) is 6.09. The Labute approximate surface area is 87.1 Å². The average Bonchev–Trinajstić information content (AvgIpc) is 2.65. The van der Waals surface area contributed by atoms with Crippen molar-refractivity contribution >= 4 is 11.8 Å². The van der Waals surface area contributed by atoms with Crippen LogP contribution in [0.1, 0.15) is 34.1 Å². The molecule has 0 aromatic heterocycles. The van der Waals surface area contributed by atoms with Crippen LogP contribution in [-0.2, 0) is 0 Å². The van der Waals surface area contributed by atoms with Crippen LogP contribution < -0.4 is 5.32 Å². The van der Waals surface area contributed by atoms with Crippen LogP contribution in [0.2, 0.25) is 0 Å². The number of hydrogen-bond acceptors (Lipinski definition) is 2. The Morgan fingerprint density at radius 1 is 1.31 bits per heavy atom. The van der Waals surface area contributed by atoms with Crippen molar-refractivity contribution in [3.63, 3.8) is 0 Å². The Bertz CT molecular complexity index is 147. The summed E-state index contributed by atoms with van der Waals surface area (Å²) in [6.07, 6.45) is 1.39. The molecule has 1 saturated carbocycles. The molecule has 2 heteroatoms. The largest absolute Gasteiger partial charge is 0.310 e. The molecular formula is C11H23NS. The standard InChI is InChI=1S/C11H23NS/c1-8(2)6-13-7-10(4)12-11-5-9(11)3/h8-12H,5-7H2,1-4H3. The molecule has 1 aliphatic rings. The summed E-state index contributed by atoms with van der Waals surface area (Å²) in [6, 6.07) is 1.52. The van der Waals surface area contributed by atoms with Crippen LogP contribution >= 0.6 is 11.8 Å². The average molecular weight is 201 g/mol. The van der Waals surface area contributed by atoms with Crippen molar-refractivity contribution in [3.05, 3.63) is 0 Å². The molecule has 1 N–H and O–H groups in total. The van der Waals surface area contributed by atoms with Gasteiger partial charge in [-0.2, -0.15) is 11.8 Å². The van der Waals surface area contributed by atoms with E-state index in [9.17, 15) is 0 Å². The first-order valence-electron chi connectivity index (χ1n) is 5.43. The molecule has 13 heavy (non-hydrogen) atoms. The van der Waals surface area contributed by atoms with Crippen LogP contribution in [0.3, 0.4) is 0 Å². The van der Waals surface area contributed by atoms with Crippen molar-refractivity contribution in [1.29, 1.82) is 0 Å². The molecule has 0 aliphatic heterocycles. The Balaban J connectivity index is 1.95. The normalized spacial score (nSPS) is 29.3.